The zero-order chi connectivity index (χ0) is 24.8. The Bertz CT molecular complexity index is 1430. The van der Waals surface area contributed by atoms with Crippen molar-refractivity contribution in [1.82, 2.24) is 9.47 Å². The first-order chi connectivity index (χ1) is 17.6. The lowest BCUT2D eigenvalue weighted by molar-refractivity contribution is 0.145. The van der Waals surface area contributed by atoms with E-state index in [9.17, 15) is 5.11 Å². The van der Waals surface area contributed by atoms with Gasteiger partial charge >= 0.3 is 0 Å². The van der Waals surface area contributed by atoms with Gasteiger partial charge in [-0.3, -0.25) is 4.90 Å². The molecule has 0 radical (unpaired) electrons. The Labute approximate surface area is 222 Å². The maximum atomic E-state index is 10.2. The number of benzene rings is 3. The third-order valence-corrected chi connectivity index (χ3v) is 7.84. The maximum Gasteiger partial charge on any atom is 0.162 e. The van der Waals surface area contributed by atoms with E-state index in [1.54, 1.807) is 14.2 Å². The molecule has 6 nitrogen and oxygen atoms in total. The molecule has 0 bridgehead atoms. The van der Waals surface area contributed by atoms with Crippen molar-refractivity contribution in [2.45, 2.75) is 46.2 Å². The van der Waals surface area contributed by atoms with Crippen LogP contribution in [-0.2, 0) is 32.7 Å². The number of nitrogens with zero attached hydrogens (tertiary/aromatic N) is 2. The predicted octanol–water partition coefficient (Wildman–Crippen LogP) is 6.13. The van der Waals surface area contributed by atoms with Crippen LogP contribution in [0, 0.1) is 0 Å². The van der Waals surface area contributed by atoms with Gasteiger partial charge in [-0.15, -0.1) is 0 Å². The molecule has 1 aromatic heterocycles. The first-order valence-electron chi connectivity index (χ1n) is 12.2. The van der Waals surface area contributed by atoms with E-state index in [2.05, 4.69) is 23.1 Å². The number of rotatable bonds is 6. The largest absolute Gasteiger partial charge is 0.497 e. The Balaban J connectivity index is 0.00000280. The van der Waals surface area contributed by atoms with Crippen LogP contribution in [0.25, 0.3) is 10.9 Å². The van der Waals surface area contributed by atoms with Crippen LogP contribution in [0.2, 0.25) is 5.02 Å². The van der Waals surface area contributed by atoms with E-state index in [4.69, 9.17) is 25.8 Å². The molecule has 194 valence electrons. The minimum absolute atomic E-state index is 0. The van der Waals surface area contributed by atoms with Gasteiger partial charge in [-0.05, 0) is 77.6 Å². The zero-order valence-electron chi connectivity index (χ0n) is 20.5. The second-order valence-corrected chi connectivity index (χ2v) is 9.87. The highest BCUT2D eigenvalue weighted by atomic mass is 35.5. The molecule has 0 fully saturated rings. The Morgan fingerprint density at radius 2 is 1.81 bits per heavy atom. The van der Waals surface area contributed by atoms with Crippen molar-refractivity contribution < 1.29 is 19.3 Å². The van der Waals surface area contributed by atoms with E-state index in [0.717, 1.165) is 59.6 Å². The van der Waals surface area contributed by atoms with Crippen LogP contribution in [0.1, 0.15) is 41.4 Å². The predicted molar refractivity (Wildman–Crippen MR) is 147 cm³/mol. The van der Waals surface area contributed by atoms with Gasteiger partial charge in [0.25, 0.3) is 0 Å². The minimum Gasteiger partial charge on any atom is -0.497 e. The summed E-state index contributed by atoms with van der Waals surface area (Å²) in [6.07, 6.45) is 1.81. The van der Waals surface area contributed by atoms with Crippen molar-refractivity contribution in [3.8, 4) is 17.2 Å². The van der Waals surface area contributed by atoms with E-state index in [0.29, 0.717) is 11.6 Å². The fourth-order valence-corrected chi connectivity index (χ4v) is 5.87. The monoisotopic (exact) mass is 520 g/mol. The minimum atomic E-state index is -0.0346. The quantitative estimate of drug-likeness (QED) is 0.331. The molecule has 4 aromatic rings. The number of aromatic nitrogens is 1. The van der Waals surface area contributed by atoms with Crippen molar-refractivity contribution >= 4 is 22.5 Å². The van der Waals surface area contributed by atoms with Gasteiger partial charge in [0.1, 0.15) is 19.1 Å². The molecule has 6 rings (SSSR count). The topological polar surface area (TPSA) is 56.1 Å². The molecule has 37 heavy (non-hydrogen) atoms. The van der Waals surface area contributed by atoms with Gasteiger partial charge in [0.05, 0.1) is 19.7 Å². The van der Waals surface area contributed by atoms with Gasteiger partial charge in [-0.1, -0.05) is 31.2 Å². The normalized spacial score (nSPS) is 16.4. The van der Waals surface area contributed by atoms with Gasteiger partial charge in [-0.2, -0.15) is 0 Å². The van der Waals surface area contributed by atoms with Gasteiger partial charge in [-0.25, -0.2) is 0 Å². The van der Waals surface area contributed by atoms with Crippen molar-refractivity contribution in [1.29, 1.82) is 0 Å². The van der Waals surface area contributed by atoms with Crippen LogP contribution in [0.3, 0.4) is 0 Å². The van der Waals surface area contributed by atoms with Gasteiger partial charge in [0.15, 0.2) is 11.5 Å². The number of methoxy groups -OCH3 is 2. The Morgan fingerprint density at radius 3 is 2.54 bits per heavy atom. The number of halogens is 1. The van der Waals surface area contributed by atoms with E-state index >= 15 is 0 Å². The molecule has 3 aromatic carbocycles. The van der Waals surface area contributed by atoms with Crippen molar-refractivity contribution in [2.24, 2.45) is 0 Å². The molecule has 2 aliphatic rings. The molecule has 7 heteroatoms. The van der Waals surface area contributed by atoms with Gasteiger partial charge in [0.2, 0.25) is 0 Å². The molecule has 3 heterocycles. The smallest absolute Gasteiger partial charge is 0.162 e. The number of hydrogen-bond donors (Lipinski definition) is 1. The van der Waals surface area contributed by atoms with E-state index in [1.807, 2.05) is 41.0 Å². The lowest BCUT2D eigenvalue weighted by Gasteiger charge is -2.41. The van der Waals surface area contributed by atoms with Crippen LogP contribution >= 0.6 is 11.6 Å². The SMILES string of the molecule is C.COc1ccc2c(c1)c1c(n2CO)CN2CCc3cc(OC)c(OCc4ccc(Cl)cc4)cc3C2C1. The van der Waals surface area contributed by atoms with Crippen molar-refractivity contribution in [3.63, 3.8) is 0 Å². The highest BCUT2D eigenvalue weighted by molar-refractivity contribution is 6.30. The first kappa shape index (κ1) is 25.5. The zero-order valence-corrected chi connectivity index (χ0v) is 21.2. The molecule has 0 saturated carbocycles. The van der Waals surface area contributed by atoms with Crippen molar-refractivity contribution in [2.75, 3.05) is 20.8 Å². The molecular formula is C30H33ClN2O4. The molecule has 1 atom stereocenters. The van der Waals surface area contributed by atoms with Gasteiger partial charge < -0.3 is 23.9 Å². The fourth-order valence-electron chi connectivity index (χ4n) is 5.74. The highest BCUT2D eigenvalue weighted by Crippen LogP contribution is 2.45. The second kappa shape index (κ2) is 10.3. The average Bonchev–Trinajstić information content (AvgIpc) is 3.22. The van der Waals surface area contributed by atoms with E-state index in [-0.39, 0.29) is 20.2 Å². The van der Waals surface area contributed by atoms with E-state index < -0.39 is 0 Å². The lowest BCUT2D eigenvalue weighted by atomic mass is 9.85. The second-order valence-electron chi connectivity index (χ2n) is 9.44. The lowest BCUT2D eigenvalue weighted by Crippen LogP contribution is -2.39. The number of ether oxygens (including phenoxy) is 3. The standard InChI is InChI=1S/C29H29ClN2O4.CH4/c1-34-21-7-8-25-23(12-21)24-13-26-22-14-29(36-16-18-3-5-20(30)6-4-18)28(35-2)11-19(22)9-10-31(26)15-27(24)32(25)17-33;/h3-8,11-12,14,26,33H,9-10,13,15-17H2,1-2H3;1H4. The Kier molecular flexibility index (Phi) is 7.08. The number of fused-ring (bicyclic) bond motifs is 6. The summed E-state index contributed by atoms with van der Waals surface area (Å²) < 4.78 is 19.5. The fraction of sp³-hybridized carbons (Fsp3) is 0.333. The number of aliphatic hydroxyl groups is 1. The van der Waals surface area contributed by atoms with Crippen LogP contribution in [-0.4, -0.2) is 35.3 Å². The molecule has 1 unspecified atom stereocenters. The highest BCUT2D eigenvalue weighted by Gasteiger charge is 2.36. The van der Waals surface area contributed by atoms with Crippen LogP contribution < -0.4 is 14.2 Å². The third-order valence-electron chi connectivity index (χ3n) is 7.59. The third kappa shape index (κ3) is 4.43. The number of hydrogen-bond acceptors (Lipinski definition) is 5. The summed E-state index contributed by atoms with van der Waals surface area (Å²) in [6, 6.07) is 18.3. The average molecular weight is 521 g/mol. The molecule has 2 aliphatic heterocycles. The summed E-state index contributed by atoms with van der Waals surface area (Å²) in [7, 11) is 3.38. The van der Waals surface area contributed by atoms with Crippen LogP contribution in [0.15, 0.2) is 54.6 Å². The summed E-state index contributed by atoms with van der Waals surface area (Å²) >= 11 is 6.03. The maximum absolute atomic E-state index is 10.2. The molecule has 0 amide bonds. The number of aliphatic hydroxyl groups excluding tert-OH is 1. The molecule has 0 saturated heterocycles. The van der Waals surface area contributed by atoms with E-state index in [1.165, 1.54) is 22.4 Å². The van der Waals surface area contributed by atoms with Crippen LogP contribution in [0.5, 0.6) is 17.2 Å². The molecular weight excluding hydrogens is 488 g/mol. The summed E-state index contributed by atoms with van der Waals surface area (Å²) in [6.45, 7) is 2.16. The summed E-state index contributed by atoms with van der Waals surface area (Å²) in [5.41, 5.74) is 7.16. The van der Waals surface area contributed by atoms with Gasteiger partial charge in [0, 0.05) is 35.2 Å². The summed E-state index contributed by atoms with van der Waals surface area (Å²) in [4.78, 5) is 2.52. The first-order valence-corrected chi connectivity index (χ1v) is 12.6. The summed E-state index contributed by atoms with van der Waals surface area (Å²) in [5.74, 6) is 2.34. The van der Waals surface area contributed by atoms with Crippen LogP contribution in [0.4, 0.5) is 0 Å². The van der Waals surface area contributed by atoms with Crippen molar-refractivity contribution in [3.05, 3.63) is 87.6 Å². The summed E-state index contributed by atoms with van der Waals surface area (Å²) in [5, 5.41) is 12.1. The Morgan fingerprint density at radius 1 is 1.00 bits per heavy atom. The Hall–Kier alpha value is -3.19. The molecule has 1 N–H and O–H groups in total. The molecule has 0 spiro atoms. The molecule has 0 aliphatic carbocycles.